The number of nitrogens with one attached hydrogen (secondary N) is 2. The number of aromatic amines is 1. The zero-order valence-corrected chi connectivity index (χ0v) is 17.8. The standard InChI is InChI=1S/C25H22N2O6/c1-33-22-5-3-2-4-15(22)14-6-7-16-18(24(30)27-21(16)12-14)8-10-20-17(9-11-23(28)29)19(13-26-20)25(31)32/h2-8,12-13,26H,9-11H2,1H3,(H,27,30)(H,28,29)(H,31,32)/b18-8-. The number of rotatable bonds is 8. The lowest BCUT2D eigenvalue weighted by molar-refractivity contribution is -0.137. The SMILES string of the molecule is COc1ccccc1-c1ccc2c(c1)NC(=O)/C2=C\Cc1[nH]cc(C(=O)O)c1CCC(=O)O. The van der Waals surface area contributed by atoms with Crippen molar-refractivity contribution < 1.29 is 29.3 Å². The summed E-state index contributed by atoms with van der Waals surface area (Å²) in [5, 5.41) is 21.3. The molecular weight excluding hydrogens is 424 g/mol. The molecule has 3 aromatic rings. The van der Waals surface area contributed by atoms with E-state index in [9.17, 15) is 19.5 Å². The van der Waals surface area contributed by atoms with Crippen LogP contribution in [0.1, 0.15) is 33.6 Å². The van der Waals surface area contributed by atoms with Crippen LogP contribution in [0, 0.1) is 0 Å². The van der Waals surface area contributed by atoms with E-state index in [4.69, 9.17) is 9.84 Å². The molecule has 1 aromatic heterocycles. The topological polar surface area (TPSA) is 129 Å². The second kappa shape index (κ2) is 9.04. The predicted molar refractivity (Wildman–Crippen MR) is 122 cm³/mol. The molecule has 4 N–H and O–H groups in total. The molecule has 33 heavy (non-hydrogen) atoms. The van der Waals surface area contributed by atoms with Gasteiger partial charge in [-0.15, -0.1) is 0 Å². The smallest absolute Gasteiger partial charge is 0.337 e. The summed E-state index contributed by atoms with van der Waals surface area (Å²) >= 11 is 0. The van der Waals surface area contributed by atoms with E-state index in [1.54, 1.807) is 13.2 Å². The number of benzene rings is 2. The first kappa shape index (κ1) is 21.9. The molecule has 0 atom stereocenters. The lowest BCUT2D eigenvalue weighted by atomic mass is 9.98. The second-order valence-electron chi connectivity index (χ2n) is 7.60. The molecule has 2 aromatic carbocycles. The first-order valence-corrected chi connectivity index (χ1v) is 10.3. The van der Waals surface area contributed by atoms with Gasteiger partial charge in [0.2, 0.25) is 0 Å². The van der Waals surface area contributed by atoms with Crippen LogP contribution in [0.4, 0.5) is 5.69 Å². The minimum atomic E-state index is -1.13. The number of ether oxygens (including phenoxy) is 1. The molecule has 0 unspecified atom stereocenters. The number of amides is 1. The maximum Gasteiger partial charge on any atom is 0.337 e. The number of methoxy groups -OCH3 is 1. The van der Waals surface area contributed by atoms with Gasteiger partial charge >= 0.3 is 11.9 Å². The maximum atomic E-state index is 12.7. The molecule has 1 amide bonds. The Kier molecular flexibility index (Phi) is 5.99. The number of carbonyl (C=O) groups excluding carboxylic acids is 1. The van der Waals surface area contributed by atoms with Gasteiger partial charge in [0, 0.05) is 47.1 Å². The normalized spacial score (nSPS) is 13.6. The number of fused-ring (bicyclic) bond motifs is 1. The van der Waals surface area contributed by atoms with E-state index in [0.717, 1.165) is 22.4 Å². The zero-order valence-electron chi connectivity index (χ0n) is 17.8. The quantitative estimate of drug-likeness (QED) is 0.388. The average Bonchev–Trinajstić information content (AvgIpc) is 3.35. The van der Waals surface area contributed by atoms with Crippen molar-refractivity contribution in [3.05, 3.63) is 77.1 Å². The van der Waals surface area contributed by atoms with Crippen molar-refractivity contribution in [2.45, 2.75) is 19.3 Å². The molecule has 1 aliphatic rings. The predicted octanol–water partition coefficient (Wildman–Crippen LogP) is 3.98. The van der Waals surface area contributed by atoms with Gasteiger partial charge in [-0.3, -0.25) is 9.59 Å². The van der Waals surface area contributed by atoms with Crippen LogP contribution in [0.2, 0.25) is 0 Å². The number of carboxylic acid groups (broad SMARTS) is 2. The van der Waals surface area contributed by atoms with Crippen LogP contribution in [0.15, 0.2) is 54.7 Å². The Balaban J connectivity index is 1.64. The monoisotopic (exact) mass is 446 g/mol. The van der Waals surface area contributed by atoms with Crippen LogP contribution in [0.5, 0.6) is 5.75 Å². The van der Waals surface area contributed by atoms with E-state index >= 15 is 0 Å². The lowest BCUT2D eigenvalue weighted by Gasteiger charge is -2.09. The summed E-state index contributed by atoms with van der Waals surface area (Å²) < 4.78 is 5.43. The van der Waals surface area contributed by atoms with Gasteiger partial charge in [-0.2, -0.15) is 0 Å². The fraction of sp³-hybridized carbons (Fsp3) is 0.160. The highest BCUT2D eigenvalue weighted by atomic mass is 16.5. The third-order valence-corrected chi connectivity index (χ3v) is 5.63. The summed E-state index contributed by atoms with van der Waals surface area (Å²) in [6.07, 6.45) is 3.25. The van der Waals surface area contributed by atoms with Crippen molar-refractivity contribution in [1.82, 2.24) is 4.98 Å². The lowest BCUT2D eigenvalue weighted by Crippen LogP contribution is -2.06. The molecule has 0 radical (unpaired) electrons. The van der Waals surface area contributed by atoms with E-state index in [1.807, 2.05) is 42.5 Å². The van der Waals surface area contributed by atoms with Gasteiger partial charge in [0.25, 0.3) is 5.91 Å². The molecule has 0 saturated carbocycles. The molecule has 4 rings (SSSR count). The van der Waals surface area contributed by atoms with Crippen molar-refractivity contribution in [1.29, 1.82) is 0 Å². The Morgan fingerprint density at radius 1 is 1.09 bits per heavy atom. The van der Waals surface area contributed by atoms with Gasteiger partial charge < -0.3 is 25.3 Å². The number of hydrogen-bond donors (Lipinski definition) is 4. The van der Waals surface area contributed by atoms with Gasteiger partial charge in [-0.25, -0.2) is 4.79 Å². The second-order valence-corrected chi connectivity index (χ2v) is 7.60. The zero-order chi connectivity index (χ0) is 23.5. The number of hydrogen-bond acceptors (Lipinski definition) is 4. The number of allylic oxidation sites excluding steroid dienone is 1. The van der Waals surface area contributed by atoms with Crippen LogP contribution in [0.3, 0.4) is 0 Å². The number of H-pyrrole nitrogens is 1. The first-order chi connectivity index (χ1) is 15.9. The van der Waals surface area contributed by atoms with Crippen molar-refractivity contribution in [3.8, 4) is 16.9 Å². The molecule has 0 saturated heterocycles. The van der Waals surface area contributed by atoms with Crippen LogP contribution in [-0.2, 0) is 22.4 Å². The van der Waals surface area contributed by atoms with E-state index < -0.39 is 11.9 Å². The highest BCUT2D eigenvalue weighted by molar-refractivity contribution is 6.31. The number of carbonyl (C=O) groups is 3. The molecule has 8 heteroatoms. The largest absolute Gasteiger partial charge is 0.496 e. The van der Waals surface area contributed by atoms with Gasteiger partial charge in [0.1, 0.15) is 5.75 Å². The first-order valence-electron chi connectivity index (χ1n) is 10.3. The van der Waals surface area contributed by atoms with E-state index in [1.165, 1.54) is 6.20 Å². The minimum Gasteiger partial charge on any atom is -0.496 e. The molecule has 0 aliphatic carbocycles. The molecule has 1 aliphatic heterocycles. The molecule has 168 valence electrons. The fourth-order valence-corrected chi connectivity index (χ4v) is 4.04. The Labute approximate surface area is 189 Å². The summed E-state index contributed by atoms with van der Waals surface area (Å²) in [6.45, 7) is 0. The van der Waals surface area contributed by atoms with E-state index in [-0.39, 0.29) is 30.7 Å². The molecule has 8 nitrogen and oxygen atoms in total. The summed E-state index contributed by atoms with van der Waals surface area (Å²) in [7, 11) is 1.61. The summed E-state index contributed by atoms with van der Waals surface area (Å²) in [6, 6.07) is 13.3. The van der Waals surface area contributed by atoms with Gasteiger partial charge in [-0.1, -0.05) is 36.4 Å². The third-order valence-electron chi connectivity index (χ3n) is 5.63. The Hall–Kier alpha value is -4.33. The van der Waals surface area contributed by atoms with Gasteiger partial charge in [0.15, 0.2) is 0 Å². The number of aliphatic carboxylic acids is 1. The minimum absolute atomic E-state index is 0.0439. The van der Waals surface area contributed by atoms with Crippen molar-refractivity contribution in [2.75, 3.05) is 12.4 Å². The number of carboxylic acids is 2. The Morgan fingerprint density at radius 2 is 1.88 bits per heavy atom. The summed E-state index contributed by atoms with van der Waals surface area (Å²) in [5.74, 6) is -1.66. The van der Waals surface area contributed by atoms with E-state index in [0.29, 0.717) is 22.5 Å². The van der Waals surface area contributed by atoms with E-state index in [2.05, 4.69) is 10.3 Å². The molecule has 2 heterocycles. The molecule has 0 spiro atoms. The number of aromatic nitrogens is 1. The molecule has 0 bridgehead atoms. The average molecular weight is 446 g/mol. The van der Waals surface area contributed by atoms with Crippen molar-refractivity contribution >= 4 is 29.1 Å². The Morgan fingerprint density at radius 3 is 2.61 bits per heavy atom. The van der Waals surface area contributed by atoms with Crippen LogP contribution < -0.4 is 10.1 Å². The van der Waals surface area contributed by atoms with Gasteiger partial charge in [-0.05, 0) is 29.7 Å². The molecule has 0 fully saturated rings. The highest BCUT2D eigenvalue weighted by Crippen LogP contribution is 2.38. The van der Waals surface area contributed by atoms with Gasteiger partial charge in [0.05, 0.1) is 12.7 Å². The fourth-order valence-electron chi connectivity index (χ4n) is 4.04. The third kappa shape index (κ3) is 4.36. The number of aromatic carboxylic acids is 1. The van der Waals surface area contributed by atoms with Crippen molar-refractivity contribution in [3.63, 3.8) is 0 Å². The summed E-state index contributed by atoms with van der Waals surface area (Å²) in [4.78, 5) is 38.0. The number of para-hydroxylation sites is 1. The molecular formula is C25H22N2O6. The van der Waals surface area contributed by atoms with Crippen LogP contribution in [0.25, 0.3) is 16.7 Å². The highest BCUT2D eigenvalue weighted by Gasteiger charge is 2.25. The number of anilines is 1. The van der Waals surface area contributed by atoms with Crippen LogP contribution in [-0.4, -0.2) is 40.2 Å². The van der Waals surface area contributed by atoms with Crippen molar-refractivity contribution in [2.24, 2.45) is 0 Å². The van der Waals surface area contributed by atoms with Crippen LogP contribution >= 0.6 is 0 Å². The maximum absolute atomic E-state index is 12.7. The summed E-state index contributed by atoms with van der Waals surface area (Å²) in [5.41, 5.74) is 4.77. The Bertz CT molecular complexity index is 1290.